The Balaban J connectivity index is 2.62. The van der Waals surface area contributed by atoms with Crippen molar-refractivity contribution in [2.24, 2.45) is 5.92 Å². The summed E-state index contributed by atoms with van der Waals surface area (Å²) in [5.74, 6) is -1.28. The van der Waals surface area contributed by atoms with Crippen LogP contribution in [-0.4, -0.2) is 59.2 Å². The highest BCUT2D eigenvalue weighted by Crippen LogP contribution is 2.21. The van der Waals surface area contributed by atoms with Gasteiger partial charge >= 0.3 is 5.97 Å². The summed E-state index contributed by atoms with van der Waals surface area (Å²) < 4.78 is 5.16. The lowest BCUT2D eigenvalue weighted by atomic mass is 10.0. The second kappa shape index (κ2) is 7.24. The predicted octanol–water partition coefficient (Wildman–Crippen LogP) is 0.191. The number of carbonyl (C=O) groups is 2. The van der Waals surface area contributed by atoms with Crippen molar-refractivity contribution in [1.29, 1.82) is 5.26 Å². The average Bonchev–Trinajstić information content (AvgIpc) is 2.79. The maximum Gasteiger partial charge on any atom is 0.311 e. The number of thioether (sulfide) groups is 1. The number of amides is 1. The minimum Gasteiger partial charge on any atom is -0.481 e. The number of carboxylic acid groups (broad SMARTS) is 1. The van der Waals surface area contributed by atoms with Crippen LogP contribution in [0, 0.1) is 17.2 Å². The number of carboxylic acids is 1. The normalized spacial score (nSPS) is 22.4. The largest absolute Gasteiger partial charge is 0.481 e. The molecule has 0 aromatic heterocycles. The van der Waals surface area contributed by atoms with Gasteiger partial charge in [0.05, 0.1) is 36.8 Å². The van der Waals surface area contributed by atoms with E-state index in [-0.39, 0.29) is 30.6 Å². The quantitative estimate of drug-likeness (QED) is 0.694. The van der Waals surface area contributed by atoms with E-state index in [0.29, 0.717) is 6.54 Å². The van der Waals surface area contributed by atoms with E-state index in [9.17, 15) is 9.59 Å². The smallest absolute Gasteiger partial charge is 0.311 e. The summed E-state index contributed by atoms with van der Waals surface area (Å²) in [5, 5.41) is 17.5. The van der Waals surface area contributed by atoms with Crippen LogP contribution in [0.3, 0.4) is 0 Å². The summed E-state index contributed by atoms with van der Waals surface area (Å²) >= 11 is 1.23. The van der Waals surface area contributed by atoms with Crippen LogP contribution >= 0.6 is 11.8 Å². The van der Waals surface area contributed by atoms with E-state index in [4.69, 9.17) is 15.1 Å². The van der Waals surface area contributed by atoms with Crippen LogP contribution in [0.5, 0.6) is 0 Å². The molecule has 1 heterocycles. The van der Waals surface area contributed by atoms with Gasteiger partial charge in [0.2, 0.25) is 5.91 Å². The minimum atomic E-state index is -0.937. The highest BCUT2D eigenvalue weighted by molar-refractivity contribution is 8.00. The highest BCUT2D eigenvalue weighted by atomic mass is 32.2. The van der Waals surface area contributed by atoms with Gasteiger partial charge < -0.3 is 14.7 Å². The summed E-state index contributed by atoms with van der Waals surface area (Å²) in [6.45, 7) is 2.67. The first-order valence-electron chi connectivity index (χ1n) is 5.66. The molecule has 1 N–H and O–H groups in total. The first kappa shape index (κ1) is 14.8. The van der Waals surface area contributed by atoms with Crippen molar-refractivity contribution in [2.75, 3.05) is 31.3 Å². The zero-order valence-corrected chi connectivity index (χ0v) is 11.0. The standard InChI is InChI=1S/C11H16N2O4S/c1-2-13(10(14)7-18-4-3-12)9-6-17-5-8(9)11(15)16/h8-9H,2,4-7H2,1H3,(H,15,16). The molecule has 1 fully saturated rings. The molecule has 1 aliphatic heterocycles. The summed E-state index contributed by atoms with van der Waals surface area (Å²) in [5.41, 5.74) is 0. The molecular weight excluding hydrogens is 256 g/mol. The third-order valence-corrected chi connectivity index (χ3v) is 3.61. The Hall–Kier alpha value is -1.26. The molecule has 1 amide bonds. The summed E-state index contributed by atoms with van der Waals surface area (Å²) in [7, 11) is 0. The Kier molecular flexibility index (Phi) is 5.95. The van der Waals surface area contributed by atoms with Gasteiger partial charge in [-0.3, -0.25) is 9.59 Å². The number of aliphatic carboxylic acids is 1. The molecule has 6 nitrogen and oxygen atoms in total. The monoisotopic (exact) mass is 272 g/mol. The maximum atomic E-state index is 12.0. The molecule has 18 heavy (non-hydrogen) atoms. The summed E-state index contributed by atoms with van der Waals surface area (Å²) in [6, 6.07) is 1.55. The van der Waals surface area contributed by atoms with Crippen molar-refractivity contribution in [1.82, 2.24) is 4.90 Å². The average molecular weight is 272 g/mol. The Labute approximate surface area is 110 Å². The molecule has 7 heteroatoms. The molecule has 0 aliphatic carbocycles. The van der Waals surface area contributed by atoms with E-state index < -0.39 is 17.9 Å². The number of nitriles is 1. The lowest BCUT2D eigenvalue weighted by Gasteiger charge is -2.29. The van der Waals surface area contributed by atoms with Crippen molar-refractivity contribution in [2.45, 2.75) is 13.0 Å². The fourth-order valence-electron chi connectivity index (χ4n) is 1.95. The number of hydrogen-bond donors (Lipinski definition) is 1. The van der Waals surface area contributed by atoms with Crippen molar-refractivity contribution < 1.29 is 19.4 Å². The number of ether oxygens (including phenoxy) is 1. The van der Waals surface area contributed by atoms with Crippen molar-refractivity contribution >= 4 is 23.6 Å². The Morgan fingerprint density at radius 2 is 2.28 bits per heavy atom. The van der Waals surface area contributed by atoms with Crippen LogP contribution in [0.15, 0.2) is 0 Å². The SMILES string of the molecule is CCN(C(=O)CSCC#N)C1COCC1C(=O)O. The number of hydrogen-bond acceptors (Lipinski definition) is 5. The van der Waals surface area contributed by atoms with E-state index >= 15 is 0 Å². The first-order chi connectivity index (χ1) is 8.61. The first-order valence-corrected chi connectivity index (χ1v) is 6.82. The molecule has 2 unspecified atom stereocenters. The molecule has 0 aromatic rings. The molecule has 2 atom stereocenters. The molecule has 0 radical (unpaired) electrons. The van der Waals surface area contributed by atoms with Crippen molar-refractivity contribution in [3.63, 3.8) is 0 Å². The van der Waals surface area contributed by atoms with Crippen molar-refractivity contribution in [3.05, 3.63) is 0 Å². The van der Waals surface area contributed by atoms with E-state index in [1.165, 1.54) is 16.7 Å². The summed E-state index contributed by atoms with van der Waals surface area (Å²) in [4.78, 5) is 24.5. The molecule has 0 spiro atoms. The van der Waals surface area contributed by atoms with Gasteiger partial charge in [-0.15, -0.1) is 11.8 Å². The number of carbonyl (C=O) groups excluding carboxylic acids is 1. The minimum absolute atomic E-state index is 0.139. The third kappa shape index (κ3) is 3.62. The number of likely N-dealkylation sites (N-methyl/N-ethyl adjacent to an activating group) is 1. The molecular formula is C11H16N2O4S. The molecule has 0 aromatic carbocycles. The molecule has 0 saturated carbocycles. The van der Waals surface area contributed by atoms with Gasteiger partial charge in [-0.05, 0) is 6.92 Å². The van der Waals surface area contributed by atoms with Crippen LogP contribution in [0.1, 0.15) is 6.92 Å². The lowest BCUT2D eigenvalue weighted by molar-refractivity contribution is -0.144. The van der Waals surface area contributed by atoms with Gasteiger partial charge in [-0.25, -0.2) is 0 Å². The maximum absolute atomic E-state index is 12.0. The van der Waals surface area contributed by atoms with Crippen LogP contribution in [-0.2, 0) is 14.3 Å². The fourth-order valence-corrected chi connectivity index (χ4v) is 2.48. The second-order valence-corrected chi connectivity index (χ2v) is 4.87. The van der Waals surface area contributed by atoms with E-state index in [2.05, 4.69) is 0 Å². The topological polar surface area (TPSA) is 90.6 Å². The Morgan fingerprint density at radius 3 is 2.83 bits per heavy atom. The molecule has 1 saturated heterocycles. The summed E-state index contributed by atoms with van der Waals surface area (Å²) in [6.07, 6.45) is 0. The van der Waals surface area contributed by atoms with Gasteiger partial charge in [0.25, 0.3) is 0 Å². The molecule has 1 rings (SSSR count). The number of rotatable bonds is 6. The van der Waals surface area contributed by atoms with Crippen LogP contribution in [0.4, 0.5) is 0 Å². The predicted molar refractivity (Wildman–Crippen MR) is 66.1 cm³/mol. The highest BCUT2D eigenvalue weighted by Gasteiger charge is 2.39. The molecule has 0 bridgehead atoms. The van der Waals surface area contributed by atoms with Gasteiger partial charge in [0.1, 0.15) is 5.92 Å². The lowest BCUT2D eigenvalue weighted by Crippen LogP contribution is -2.47. The zero-order chi connectivity index (χ0) is 13.5. The van der Waals surface area contributed by atoms with Gasteiger partial charge in [0.15, 0.2) is 0 Å². The van der Waals surface area contributed by atoms with E-state index in [1.807, 2.05) is 13.0 Å². The Bertz CT molecular complexity index is 355. The van der Waals surface area contributed by atoms with E-state index in [1.54, 1.807) is 0 Å². The van der Waals surface area contributed by atoms with Crippen molar-refractivity contribution in [3.8, 4) is 6.07 Å². The van der Waals surface area contributed by atoms with Crippen LogP contribution in [0.25, 0.3) is 0 Å². The Morgan fingerprint density at radius 1 is 1.56 bits per heavy atom. The number of nitrogens with zero attached hydrogens (tertiary/aromatic N) is 2. The van der Waals surface area contributed by atoms with Gasteiger partial charge in [0, 0.05) is 6.54 Å². The van der Waals surface area contributed by atoms with Crippen LogP contribution < -0.4 is 0 Å². The third-order valence-electron chi connectivity index (χ3n) is 2.82. The van der Waals surface area contributed by atoms with E-state index in [0.717, 1.165) is 0 Å². The second-order valence-electron chi connectivity index (χ2n) is 3.88. The zero-order valence-electron chi connectivity index (χ0n) is 10.2. The van der Waals surface area contributed by atoms with Crippen LogP contribution in [0.2, 0.25) is 0 Å². The molecule has 100 valence electrons. The fraction of sp³-hybridized carbons (Fsp3) is 0.727. The van der Waals surface area contributed by atoms with Gasteiger partial charge in [-0.1, -0.05) is 0 Å². The molecule has 1 aliphatic rings. The van der Waals surface area contributed by atoms with Gasteiger partial charge in [-0.2, -0.15) is 5.26 Å².